The zero-order chi connectivity index (χ0) is 22.3. The van der Waals surface area contributed by atoms with Gasteiger partial charge in [0.05, 0.1) is 4.90 Å². The SMILES string of the molecule is CNS(=O)(=O)c1cc(C(=O)N2CC=C(c3c[nH]c4cc(F)ccc34)CC2)cc(C)c1C. The highest BCUT2D eigenvalue weighted by Crippen LogP contribution is 2.30. The molecule has 1 aliphatic heterocycles. The van der Waals surface area contributed by atoms with E-state index in [-0.39, 0.29) is 16.6 Å². The van der Waals surface area contributed by atoms with E-state index in [1.54, 1.807) is 30.9 Å². The Hall–Kier alpha value is -2.97. The van der Waals surface area contributed by atoms with E-state index in [9.17, 15) is 17.6 Å². The maximum atomic E-state index is 13.4. The van der Waals surface area contributed by atoms with Crippen LogP contribution in [-0.2, 0) is 10.0 Å². The van der Waals surface area contributed by atoms with Crippen LogP contribution in [0.4, 0.5) is 4.39 Å². The van der Waals surface area contributed by atoms with E-state index in [0.29, 0.717) is 30.6 Å². The smallest absolute Gasteiger partial charge is 0.254 e. The highest BCUT2D eigenvalue weighted by molar-refractivity contribution is 7.89. The van der Waals surface area contributed by atoms with Crippen LogP contribution in [0, 0.1) is 19.7 Å². The Labute approximate surface area is 180 Å². The summed E-state index contributed by atoms with van der Waals surface area (Å²) >= 11 is 0. The molecule has 2 N–H and O–H groups in total. The fraction of sp³-hybridized carbons (Fsp3) is 0.261. The molecule has 8 heteroatoms. The first-order chi connectivity index (χ1) is 14.7. The number of sulfonamides is 1. The molecule has 31 heavy (non-hydrogen) atoms. The molecule has 1 amide bonds. The van der Waals surface area contributed by atoms with Crippen molar-refractivity contribution >= 4 is 32.4 Å². The van der Waals surface area contributed by atoms with Gasteiger partial charge in [-0.15, -0.1) is 0 Å². The minimum absolute atomic E-state index is 0.123. The molecule has 2 aromatic carbocycles. The van der Waals surface area contributed by atoms with Crippen LogP contribution in [0.25, 0.3) is 16.5 Å². The van der Waals surface area contributed by atoms with Gasteiger partial charge < -0.3 is 9.88 Å². The van der Waals surface area contributed by atoms with E-state index in [1.165, 1.54) is 25.2 Å². The standard InChI is InChI=1S/C23H24FN3O3S/c1-14-10-17(11-22(15(14)2)31(29,30)25-3)23(28)27-8-6-16(7-9-27)20-13-26-21-12-18(24)4-5-19(20)21/h4-6,10-13,25-26H,7-9H2,1-3H3. The van der Waals surface area contributed by atoms with E-state index in [4.69, 9.17) is 0 Å². The maximum absolute atomic E-state index is 13.4. The Balaban J connectivity index is 1.60. The predicted octanol–water partition coefficient (Wildman–Crippen LogP) is 3.76. The molecular weight excluding hydrogens is 417 g/mol. The van der Waals surface area contributed by atoms with E-state index in [2.05, 4.69) is 9.71 Å². The normalized spacial score (nSPS) is 14.7. The lowest BCUT2D eigenvalue weighted by molar-refractivity contribution is 0.0772. The lowest BCUT2D eigenvalue weighted by atomic mass is 9.98. The third-order valence-electron chi connectivity index (χ3n) is 5.91. The first-order valence-corrected chi connectivity index (χ1v) is 11.5. The number of aryl methyl sites for hydroxylation is 1. The molecule has 0 fully saturated rings. The van der Waals surface area contributed by atoms with E-state index < -0.39 is 10.0 Å². The number of halogens is 1. The largest absolute Gasteiger partial charge is 0.360 e. The van der Waals surface area contributed by atoms with Crippen molar-refractivity contribution in [3.8, 4) is 0 Å². The number of nitrogens with zero attached hydrogens (tertiary/aromatic N) is 1. The molecule has 4 rings (SSSR count). The number of hydrogen-bond donors (Lipinski definition) is 2. The first kappa shape index (κ1) is 21.3. The Morgan fingerprint density at radius 2 is 1.97 bits per heavy atom. The molecule has 0 aliphatic carbocycles. The molecule has 1 aromatic heterocycles. The third kappa shape index (κ3) is 3.88. The lowest BCUT2D eigenvalue weighted by Crippen LogP contribution is -2.35. The minimum atomic E-state index is -3.66. The van der Waals surface area contributed by atoms with Gasteiger partial charge in [0.2, 0.25) is 10.0 Å². The summed E-state index contributed by atoms with van der Waals surface area (Å²) in [6.45, 7) is 4.47. The van der Waals surface area contributed by atoms with Crippen molar-refractivity contribution in [2.45, 2.75) is 25.2 Å². The second-order valence-corrected chi connectivity index (χ2v) is 9.60. The Morgan fingerprint density at radius 3 is 2.65 bits per heavy atom. The summed E-state index contributed by atoms with van der Waals surface area (Å²) in [6.07, 6.45) is 4.52. The van der Waals surface area contributed by atoms with E-state index in [0.717, 1.165) is 27.6 Å². The number of rotatable bonds is 4. The number of aromatic nitrogens is 1. The number of aromatic amines is 1. The molecule has 1 aliphatic rings. The van der Waals surface area contributed by atoms with Gasteiger partial charge in [0, 0.05) is 41.3 Å². The van der Waals surface area contributed by atoms with Crippen molar-refractivity contribution in [3.05, 3.63) is 70.7 Å². The summed E-state index contributed by atoms with van der Waals surface area (Å²) < 4.78 is 40.5. The number of H-pyrrole nitrogens is 1. The van der Waals surface area contributed by atoms with Gasteiger partial charge in [-0.1, -0.05) is 6.08 Å². The molecule has 0 spiro atoms. The fourth-order valence-electron chi connectivity index (χ4n) is 3.98. The van der Waals surface area contributed by atoms with Crippen LogP contribution < -0.4 is 4.72 Å². The number of nitrogens with one attached hydrogen (secondary N) is 2. The van der Waals surface area contributed by atoms with Crippen molar-refractivity contribution in [1.82, 2.24) is 14.6 Å². The van der Waals surface area contributed by atoms with E-state index in [1.807, 2.05) is 12.3 Å². The third-order valence-corrected chi connectivity index (χ3v) is 7.45. The number of carbonyl (C=O) groups excluding carboxylic acids is 1. The summed E-state index contributed by atoms with van der Waals surface area (Å²) in [5.41, 5.74) is 4.58. The van der Waals surface area contributed by atoms with Crippen molar-refractivity contribution in [3.63, 3.8) is 0 Å². The van der Waals surface area contributed by atoms with Crippen LogP contribution in [-0.4, -0.2) is 44.3 Å². The molecule has 0 atom stereocenters. The minimum Gasteiger partial charge on any atom is -0.360 e. The Morgan fingerprint density at radius 1 is 1.19 bits per heavy atom. The zero-order valence-corrected chi connectivity index (χ0v) is 18.4. The maximum Gasteiger partial charge on any atom is 0.254 e. The summed E-state index contributed by atoms with van der Waals surface area (Å²) in [6, 6.07) is 7.85. The van der Waals surface area contributed by atoms with Crippen molar-refractivity contribution in [2.75, 3.05) is 20.1 Å². The van der Waals surface area contributed by atoms with Gasteiger partial charge in [-0.2, -0.15) is 0 Å². The summed E-state index contributed by atoms with van der Waals surface area (Å²) in [7, 11) is -2.31. The van der Waals surface area contributed by atoms with Crippen LogP contribution in [0.1, 0.15) is 33.5 Å². The van der Waals surface area contributed by atoms with Gasteiger partial charge in [-0.25, -0.2) is 17.5 Å². The number of carbonyl (C=O) groups is 1. The molecule has 3 aromatic rings. The van der Waals surface area contributed by atoms with Gasteiger partial charge >= 0.3 is 0 Å². The molecular formula is C23H24FN3O3S. The summed E-state index contributed by atoms with van der Waals surface area (Å²) in [5.74, 6) is -0.490. The topological polar surface area (TPSA) is 82.3 Å². The van der Waals surface area contributed by atoms with Crippen molar-refractivity contribution in [2.24, 2.45) is 0 Å². The van der Waals surface area contributed by atoms with Gasteiger partial charge in [0.1, 0.15) is 5.82 Å². The number of amides is 1. The molecule has 0 unspecified atom stereocenters. The molecule has 162 valence electrons. The lowest BCUT2D eigenvalue weighted by Gasteiger charge is -2.27. The Kier molecular flexibility index (Phi) is 5.45. The molecule has 0 bridgehead atoms. The zero-order valence-electron chi connectivity index (χ0n) is 17.6. The number of fused-ring (bicyclic) bond motifs is 1. The monoisotopic (exact) mass is 441 g/mol. The van der Waals surface area contributed by atoms with Crippen molar-refractivity contribution < 1.29 is 17.6 Å². The van der Waals surface area contributed by atoms with Crippen LogP contribution in [0.5, 0.6) is 0 Å². The average molecular weight is 442 g/mol. The molecule has 6 nitrogen and oxygen atoms in total. The highest BCUT2D eigenvalue weighted by Gasteiger charge is 2.24. The number of benzene rings is 2. The van der Waals surface area contributed by atoms with Crippen LogP contribution in [0.2, 0.25) is 0 Å². The van der Waals surface area contributed by atoms with Gasteiger partial charge in [-0.3, -0.25) is 4.79 Å². The van der Waals surface area contributed by atoms with Gasteiger partial charge in [0.15, 0.2) is 0 Å². The average Bonchev–Trinajstić information content (AvgIpc) is 3.18. The molecule has 0 saturated heterocycles. The summed E-state index contributed by atoms with van der Waals surface area (Å²) in [5, 5.41) is 0.948. The highest BCUT2D eigenvalue weighted by atomic mass is 32.2. The number of hydrogen-bond acceptors (Lipinski definition) is 3. The second-order valence-electron chi connectivity index (χ2n) is 7.75. The molecule has 2 heterocycles. The predicted molar refractivity (Wildman–Crippen MR) is 119 cm³/mol. The Bertz CT molecular complexity index is 1330. The summed E-state index contributed by atoms with van der Waals surface area (Å²) in [4.78, 5) is 18.0. The fourth-order valence-corrected chi connectivity index (χ4v) is 5.05. The first-order valence-electron chi connectivity index (χ1n) is 10.0. The second kappa shape index (κ2) is 7.94. The molecule has 0 radical (unpaired) electrons. The van der Waals surface area contributed by atoms with Crippen LogP contribution in [0.3, 0.4) is 0 Å². The van der Waals surface area contributed by atoms with Crippen LogP contribution >= 0.6 is 0 Å². The van der Waals surface area contributed by atoms with Crippen LogP contribution in [0.15, 0.2) is 47.5 Å². The van der Waals surface area contributed by atoms with E-state index >= 15 is 0 Å². The molecule has 0 saturated carbocycles. The van der Waals surface area contributed by atoms with Crippen molar-refractivity contribution in [1.29, 1.82) is 0 Å². The van der Waals surface area contributed by atoms with Gasteiger partial charge in [0.25, 0.3) is 5.91 Å². The quantitative estimate of drug-likeness (QED) is 0.647. The van der Waals surface area contributed by atoms with Gasteiger partial charge in [-0.05, 0) is 74.3 Å².